The summed E-state index contributed by atoms with van der Waals surface area (Å²) in [4.78, 5) is 40.7. The molecule has 3 aliphatic rings. The highest BCUT2D eigenvalue weighted by molar-refractivity contribution is 5.93. The molecule has 7 nitrogen and oxygen atoms in total. The Hall–Kier alpha value is -4.13. The predicted molar refractivity (Wildman–Crippen MR) is 242 cm³/mol. The molecule has 58 heavy (non-hydrogen) atoms. The van der Waals surface area contributed by atoms with E-state index in [1.165, 1.54) is 116 Å². The van der Waals surface area contributed by atoms with Crippen molar-refractivity contribution in [1.29, 1.82) is 0 Å². The topological polar surface area (TPSA) is 90.5 Å². The normalized spacial score (nSPS) is 16.8. The molecule has 3 saturated carbocycles. The number of carbonyl (C=O) groups is 3. The highest BCUT2D eigenvalue weighted by Gasteiger charge is 2.17. The largest absolute Gasteiger partial charge is 0.326 e. The van der Waals surface area contributed by atoms with Crippen molar-refractivity contribution >= 4 is 51.8 Å². The summed E-state index contributed by atoms with van der Waals surface area (Å²) >= 11 is 0. The number of anilines is 6. The monoisotopic (exact) mass is 789 g/mol. The van der Waals surface area contributed by atoms with Crippen LogP contribution in [-0.2, 0) is 14.4 Å². The highest BCUT2D eigenvalue weighted by atomic mass is 16.2. The van der Waals surface area contributed by atoms with Crippen LogP contribution in [0.15, 0.2) is 72.8 Å². The Morgan fingerprint density at radius 2 is 0.638 bits per heavy atom. The molecule has 3 aromatic rings. The predicted octanol–water partition coefficient (Wildman–Crippen LogP) is 14.4. The van der Waals surface area contributed by atoms with Crippen LogP contribution < -0.4 is 20.9 Å². The van der Waals surface area contributed by atoms with Gasteiger partial charge in [0.05, 0.1) is 0 Å². The summed E-state index contributed by atoms with van der Waals surface area (Å²) in [6.07, 6.45) is 32.1. The molecule has 0 aromatic heterocycles. The molecule has 314 valence electrons. The Balaban J connectivity index is 1.04. The van der Waals surface area contributed by atoms with Gasteiger partial charge in [-0.2, -0.15) is 0 Å². The number of benzene rings is 3. The smallest absolute Gasteiger partial charge is 0.224 e. The first-order valence-electron chi connectivity index (χ1n) is 23.5. The van der Waals surface area contributed by atoms with Gasteiger partial charge in [-0.25, -0.2) is 0 Å². The van der Waals surface area contributed by atoms with Crippen molar-refractivity contribution in [2.75, 3.05) is 20.9 Å². The van der Waals surface area contributed by atoms with E-state index in [1.54, 1.807) is 0 Å². The molecule has 3 N–H and O–H groups in total. The second-order valence-corrected chi connectivity index (χ2v) is 17.9. The van der Waals surface area contributed by atoms with Gasteiger partial charge in [-0.05, 0) is 110 Å². The van der Waals surface area contributed by atoms with Crippen LogP contribution in [0.25, 0.3) is 0 Å². The summed E-state index contributed by atoms with van der Waals surface area (Å²) in [6, 6.07) is 24.0. The Labute approximate surface area is 349 Å². The fourth-order valence-electron chi connectivity index (χ4n) is 9.78. The molecular formula is C51H72N4O3. The first kappa shape index (κ1) is 43.4. The van der Waals surface area contributed by atoms with Crippen LogP contribution in [0.1, 0.15) is 173 Å². The standard InChI is InChI=1S/C51H72N4O3/c56-49(25-13-10-22-40-16-4-1-5-17-40)52-43-28-34-46(35-29-43)55(47-36-30-44(31-37-47)53-50(57)26-14-11-23-41-18-6-2-7-19-41)48-38-32-45(33-39-48)54-51(58)27-15-12-24-42-20-8-3-9-21-42/h28-42H,1-27H2,(H,52,56)(H,53,57)(H,54,58). The summed E-state index contributed by atoms with van der Waals surface area (Å²) in [5, 5.41) is 9.33. The van der Waals surface area contributed by atoms with Crippen LogP contribution in [-0.4, -0.2) is 17.7 Å². The maximum absolute atomic E-state index is 12.8. The van der Waals surface area contributed by atoms with E-state index in [0.717, 1.165) is 90.4 Å². The van der Waals surface area contributed by atoms with Crippen LogP contribution in [0.4, 0.5) is 34.1 Å². The minimum Gasteiger partial charge on any atom is -0.326 e. The number of amides is 3. The average molecular weight is 789 g/mol. The Bertz CT molecular complexity index is 1450. The fourth-order valence-corrected chi connectivity index (χ4v) is 9.78. The van der Waals surface area contributed by atoms with E-state index in [0.29, 0.717) is 19.3 Å². The molecular weight excluding hydrogens is 717 g/mol. The second kappa shape index (κ2) is 24.1. The van der Waals surface area contributed by atoms with Gasteiger partial charge in [0.25, 0.3) is 0 Å². The van der Waals surface area contributed by atoms with E-state index in [1.807, 2.05) is 72.8 Å². The molecule has 7 heteroatoms. The maximum Gasteiger partial charge on any atom is 0.224 e. The molecule has 3 aliphatic carbocycles. The molecule has 0 unspecified atom stereocenters. The van der Waals surface area contributed by atoms with Gasteiger partial charge in [-0.15, -0.1) is 0 Å². The zero-order valence-corrected chi connectivity index (χ0v) is 35.4. The van der Waals surface area contributed by atoms with E-state index < -0.39 is 0 Å². The first-order valence-corrected chi connectivity index (χ1v) is 23.5. The molecule has 0 bridgehead atoms. The lowest BCUT2D eigenvalue weighted by molar-refractivity contribution is -0.117. The fraction of sp³-hybridized carbons (Fsp3) is 0.588. The zero-order valence-electron chi connectivity index (χ0n) is 35.4. The summed E-state index contributed by atoms with van der Waals surface area (Å²) in [5.74, 6) is 2.76. The second-order valence-electron chi connectivity index (χ2n) is 17.9. The van der Waals surface area contributed by atoms with E-state index in [-0.39, 0.29) is 17.7 Å². The minimum atomic E-state index is 0.0666. The molecule has 0 radical (unpaired) electrons. The van der Waals surface area contributed by atoms with Crippen LogP contribution in [0.5, 0.6) is 0 Å². The third-order valence-corrected chi connectivity index (χ3v) is 13.2. The number of carbonyl (C=O) groups excluding carboxylic acids is 3. The highest BCUT2D eigenvalue weighted by Crippen LogP contribution is 2.37. The van der Waals surface area contributed by atoms with Crippen LogP contribution >= 0.6 is 0 Å². The van der Waals surface area contributed by atoms with Crippen molar-refractivity contribution in [2.24, 2.45) is 17.8 Å². The van der Waals surface area contributed by atoms with Crippen molar-refractivity contribution in [1.82, 2.24) is 0 Å². The molecule has 0 heterocycles. The van der Waals surface area contributed by atoms with Gasteiger partial charge in [-0.3, -0.25) is 14.4 Å². The van der Waals surface area contributed by atoms with Crippen molar-refractivity contribution < 1.29 is 14.4 Å². The lowest BCUT2D eigenvalue weighted by Crippen LogP contribution is -2.14. The van der Waals surface area contributed by atoms with Gasteiger partial charge < -0.3 is 20.9 Å². The quantitative estimate of drug-likeness (QED) is 0.0938. The number of rotatable bonds is 21. The maximum atomic E-state index is 12.8. The molecule has 6 rings (SSSR count). The van der Waals surface area contributed by atoms with Gasteiger partial charge in [0.2, 0.25) is 17.7 Å². The van der Waals surface area contributed by atoms with Gasteiger partial charge in [0.15, 0.2) is 0 Å². The average Bonchev–Trinajstić information content (AvgIpc) is 3.26. The Morgan fingerprint density at radius 3 is 0.897 bits per heavy atom. The van der Waals surface area contributed by atoms with Crippen LogP contribution in [0.2, 0.25) is 0 Å². The van der Waals surface area contributed by atoms with E-state index in [4.69, 9.17) is 0 Å². The van der Waals surface area contributed by atoms with Crippen LogP contribution in [0, 0.1) is 17.8 Å². The van der Waals surface area contributed by atoms with E-state index in [2.05, 4.69) is 20.9 Å². The number of nitrogens with zero attached hydrogens (tertiary/aromatic N) is 1. The lowest BCUT2D eigenvalue weighted by Gasteiger charge is -2.26. The summed E-state index contributed by atoms with van der Waals surface area (Å²) < 4.78 is 0. The number of unbranched alkanes of at least 4 members (excludes halogenated alkanes) is 3. The molecule has 3 fully saturated rings. The van der Waals surface area contributed by atoms with E-state index >= 15 is 0 Å². The van der Waals surface area contributed by atoms with E-state index in [9.17, 15) is 14.4 Å². The number of nitrogens with one attached hydrogen (secondary N) is 3. The Kier molecular flexibility index (Phi) is 18.0. The zero-order chi connectivity index (χ0) is 40.2. The van der Waals surface area contributed by atoms with Gasteiger partial charge >= 0.3 is 0 Å². The van der Waals surface area contributed by atoms with Crippen molar-refractivity contribution in [3.05, 3.63) is 72.8 Å². The molecule has 0 atom stereocenters. The molecule has 0 saturated heterocycles. The summed E-state index contributed by atoms with van der Waals surface area (Å²) in [5.41, 5.74) is 5.18. The number of hydrogen-bond donors (Lipinski definition) is 3. The third kappa shape index (κ3) is 14.9. The molecule has 3 amide bonds. The minimum absolute atomic E-state index is 0.0666. The van der Waals surface area contributed by atoms with Crippen molar-refractivity contribution in [2.45, 2.75) is 173 Å². The van der Waals surface area contributed by atoms with Gasteiger partial charge in [-0.1, -0.05) is 135 Å². The molecule has 0 aliphatic heterocycles. The SMILES string of the molecule is O=C(CCCCC1CCCCC1)Nc1ccc(N(c2ccc(NC(=O)CCCCC3CCCCC3)cc2)c2ccc(NC(=O)CCCCC3CCCCC3)cc2)cc1. The lowest BCUT2D eigenvalue weighted by atomic mass is 9.85. The van der Waals surface area contributed by atoms with Gasteiger partial charge in [0, 0.05) is 53.4 Å². The summed E-state index contributed by atoms with van der Waals surface area (Å²) in [7, 11) is 0. The van der Waals surface area contributed by atoms with Gasteiger partial charge in [0.1, 0.15) is 0 Å². The van der Waals surface area contributed by atoms with Crippen molar-refractivity contribution in [3.8, 4) is 0 Å². The molecule has 3 aromatic carbocycles. The van der Waals surface area contributed by atoms with Crippen LogP contribution in [0.3, 0.4) is 0 Å². The third-order valence-electron chi connectivity index (χ3n) is 13.2. The first-order chi connectivity index (χ1) is 28.5. The number of hydrogen-bond acceptors (Lipinski definition) is 4. The Morgan fingerprint density at radius 1 is 0.379 bits per heavy atom. The van der Waals surface area contributed by atoms with Crippen molar-refractivity contribution in [3.63, 3.8) is 0 Å². The summed E-state index contributed by atoms with van der Waals surface area (Å²) in [6.45, 7) is 0. The molecule has 0 spiro atoms.